The molecule has 31 heavy (non-hydrogen) atoms. The van der Waals surface area contributed by atoms with E-state index in [0.29, 0.717) is 30.1 Å². The lowest BCUT2D eigenvalue weighted by Gasteiger charge is -2.36. The molecule has 1 aliphatic carbocycles. The standard InChI is InChI=1S/C23H33N3O3S2/c1-14-11-15(2)13-25(12-14)21(27)16(3)30-23-24-20-19(22(28)26(23)9-10-29-4)17-7-5-6-8-18(17)31-20/h14-16H,5-13H2,1-4H3/t14-,15-,16-/m1/s1. The van der Waals surface area contributed by atoms with Crippen LogP contribution in [0.1, 0.15) is 50.5 Å². The predicted molar refractivity (Wildman–Crippen MR) is 127 cm³/mol. The number of hydrogen-bond acceptors (Lipinski definition) is 6. The smallest absolute Gasteiger partial charge is 0.263 e. The number of likely N-dealkylation sites (tertiary alicyclic amines) is 1. The van der Waals surface area contributed by atoms with Crippen molar-refractivity contribution >= 4 is 39.2 Å². The van der Waals surface area contributed by atoms with Crippen LogP contribution in [0.4, 0.5) is 0 Å². The van der Waals surface area contributed by atoms with Crippen LogP contribution in [-0.4, -0.2) is 52.4 Å². The molecule has 3 heterocycles. The summed E-state index contributed by atoms with van der Waals surface area (Å²) in [6, 6.07) is 0. The number of piperidine rings is 1. The molecule has 0 saturated carbocycles. The Bertz CT molecular complexity index is 1010. The number of amides is 1. The summed E-state index contributed by atoms with van der Waals surface area (Å²) < 4.78 is 6.99. The zero-order valence-corrected chi connectivity index (χ0v) is 20.6. The number of carbonyl (C=O) groups excluding carboxylic acids is 1. The molecular weight excluding hydrogens is 430 g/mol. The highest BCUT2D eigenvalue weighted by atomic mass is 32.2. The zero-order valence-electron chi connectivity index (χ0n) is 19.0. The molecular formula is C23H33N3O3S2. The van der Waals surface area contributed by atoms with E-state index in [2.05, 4.69) is 13.8 Å². The summed E-state index contributed by atoms with van der Waals surface area (Å²) in [7, 11) is 1.64. The van der Waals surface area contributed by atoms with Crippen LogP contribution in [0.15, 0.2) is 9.95 Å². The zero-order chi connectivity index (χ0) is 22.1. The third kappa shape index (κ3) is 4.71. The van der Waals surface area contributed by atoms with Gasteiger partial charge in [-0.2, -0.15) is 0 Å². The fourth-order valence-electron chi connectivity index (χ4n) is 5.00. The Morgan fingerprint density at radius 1 is 1.26 bits per heavy atom. The second-order valence-corrected chi connectivity index (χ2v) is 11.6. The largest absolute Gasteiger partial charge is 0.383 e. The van der Waals surface area contributed by atoms with E-state index in [-0.39, 0.29) is 16.7 Å². The van der Waals surface area contributed by atoms with Gasteiger partial charge in [-0.25, -0.2) is 4.98 Å². The average molecular weight is 464 g/mol. The molecule has 0 unspecified atom stereocenters. The summed E-state index contributed by atoms with van der Waals surface area (Å²) in [5, 5.41) is 1.13. The molecule has 1 fully saturated rings. The molecule has 1 amide bonds. The summed E-state index contributed by atoms with van der Waals surface area (Å²) in [5.74, 6) is 1.19. The number of thiophene rings is 1. The van der Waals surface area contributed by atoms with Crippen molar-refractivity contribution in [3.8, 4) is 0 Å². The molecule has 0 aromatic carbocycles. The average Bonchev–Trinajstić information content (AvgIpc) is 3.10. The summed E-state index contributed by atoms with van der Waals surface area (Å²) in [6.07, 6.45) is 5.48. The number of hydrogen-bond donors (Lipinski definition) is 0. The number of methoxy groups -OCH3 is 1. The molecule has 2 aromatic heterocycles. The number of fused-ring (bicyclic) bond motifs is 3. The summed E-state index contributed by atoms with van der Waals surface area (Å²) in [4.78, 5) is 35.7. The lowest BCUT2D eigenvalue weighted by atomic mass is 9.92. The van der Waals surface area contributed by atoms with Crippen LogP contribution in [-0.2, 0) is 28.9 Å². The molecule has 2 aromatic rings. The molecule has 1 saturated heterocycles. The number of rotatable bonds is 6. The van der Waals surface area contributed by atoms with Gasteiger partial charge in [0.1, 0.15) is 4.83 Å². The fraction of sp³-hybridized carbons (Fsp3) is 0.696. The highest BCUT2D eigenvalue weighted by Crippen LogP contribution is 2.35. The van der Waals surface area contributed by atoms with Crippen LogP contribution >= 0.6 is 23.1 Å². The van der Waals surface area contributed by atoms with Crippen LogP contribution in [0.5, 0.6) is 0 Å². The van der Waals surface area contributed by atoms with Gasteiger partial charge in [0.15, 0.2) is 5.16 Å². The molecule has 0 spiro atoms. The van der Waals surface area contributed by atoms with Crippen molar-refractivity contribution < 1.29 is 9.53 Å². The van der Waals surface area contributed by atoms with Gasteiger partial charge >= 0.3 is 0 Å². The third-order valence-electron chi connectivity index (χ3n) is 6.37. The number of thioether (sulfide) groups is 1. The second kappa shape index (κ2) is 9.63. The molecule has 0 N–H and O–H groups in total. The van der Waals surface area contributed by atoms with E-state index in [0.717, 1.165) is 42.6 Å². The van der Waals surface area contributed by atoms with Crippen molar-refractivity contribution in [2.24, 2.45) is 11.8 Å². The van der Waals surface area contributed by atoms with E-state index in [1.54, 1.807) is 23.0 Å². The number of aryl methyl sites for hydroxylation is 2. The lowest BCUT2D eigenvalue weighted by molar-refractivity contribution is -0.132. The van der Waals surface area contributed by atoms with E-state index >= 15 is 0 Å². The minimum atomic E-state index is -0.287. The molecule has 6 nitrogen and oxygen atoms in total. The number of carbonyl (C=O) groups is 1. The van der Waals surface area contributed by atoms with Crippen molar-refractivity contribution in [2.75, 3.05) is 26.8 Å². The Kier molecular flexibility index (Phi) is 7.08. The second-order valence-electron chi connectivity index (χ2n) is 9.18. The SMILES string of the molecule is COCCn1c(S[C@H](C)C(=O)N2C[C@H](C)C[C@@H](C)C2)nc2sc3c(c2c1=O)CCCC3. The van der Waals surface area contributed by atoms with Gasteiger partial charge in [0.05, 0.1) is 23.8 Å². The van der Waals surface area contributed by atoms with Gasteiger partial charge in [-0.1, -0.05) is 25.6 Å². The van der Waals surface area contributed by atoms with Gasteiger partial charge < -0.3 is 9.64 Å². The minimum absolute atomic E-state index is 0.0174. The monoisotopic (exact) mass is 463 g/mol. The number of ether oxygens (including phenoxy) is 1. The molecule has 0 radical (unpaired) electrons. The quantitative estimate of drug-likeness (QED) is 0.479. The highest BCUT2D eigenvalue weighted by Gasteiger charge is 2.30. The maximum absolute atomic E-state index is 13.5. The Labute approximate surface area is 192 Å². The Morgan fingerprint density at radius 3 is 2.68 bits per heavy atom. The molecule has 4 rings (SSSR count). The molecule has 8 heteroatoms. The van der Waals surface area contributed by atoms with Gasteiger partial charge in [0, 0.05) is 25.1 Å². The number of nitrogens with zero attached hydrogens (tertiary/aromatic N) is 3. The summed E-state index contributed by atoms with van der Waals surface area (Å²) in [5.41, 5.74) is 1.22. The van der Waals surface area contributed by atoms with Crippen LogP contribution < -0.4 is 5.56 Å². The minimum Gasteiger partial charge on any atom is -0.383 e. The van der Waals surface area contributed by atoms with Crippen molar-refractivity contribution in [1.29, 1.82) is 0 Å². The normalized spacial score (nSPS) is 22.5. The molecule has 1 aliphatic heterocycles. The van der Waals surface area contributed by atoms with E-state index in [1.807, 2.05) is 11.8 Å². The first-order valence-corrected chi connectivity index (χ1v) is 13.1. The number of aromatic nitrogens is 2. The van der Waals surface area contributed by atoms with E-state index in [4.69, 9.17) is 9.72 Å². The van der Waals surface area contributed by atoms with Gasteiger partial charge in [-0.05, 0) is 56.4 Å². The Morgan fingerprint density at radius 2 is 1.97 bits per heavy atom. The maximum atomic E-state index is 13.5. The maximum Gasteiger partial charge on any atom is 0.263 e. The predicted octanol–water partition coefficient (Wildman–Crippen LogP) is 3.97. The van der Waals surface area contributed by atoms with Crippen molar-refractivity contribution in [3.05, 3.63) is 20.8 Å². The highest BCUT2D eigenvalue weighted by molar-refractivity contribution is 8.00. The van der Waals surface area contributed by atoms with Crippen LogP contribution in [0.2, 0.25) is 0 Å². The summed E-state index contributed by atoms with van der Waals surface area (Å²) in [6.45, 7) is 8.88. The summed E-state index contributed by atoms with van der Waals surface area (Å²) >= 11 is 3.07. The lowest BCUT2D eigenvalue weighted by Crippen LogP contribution is -2.45. The van der Waals surface area contributed by atoms with Gasteiger partial charge in [0.25, 0.3) is 5.56 Å². The van der Waals surface area contributed by atoms with Crippen LogP contribution in [0.25, 0.3) is 10.2 Å². The van der Waals surface area contributed by atoms with E-state index < -0.39 is 0 Å². The van der Waals surface area contributed by atoms with Crippen molar-refractivity contribution in [3.63, 3.8) is 0 Å². The Hall–Kier alpha value is -1.38. The third-order valence-corrected chi connectivity index (χ3v) is 8.63. The molecule has 0 bridgehead atoms. The topological polar surface area (TPSA) is 64.4 Å². The molecule has 3 atom stereocenters. The van der Waals surface area contributed by atoms with Gasteiger partial charge in [0.2, 0.25) is 5.91 Å². The van der Waals surface area contributed by atoms with Gasteiger partial charge in [-0.15, -0.1) is 11.3 Å². The molecule has 2 aliphatic rings. The first-order chi connectivity index (χ1) is 14.9. The van der Waals surface area contributed by atoms with Crippen LogP contribution in [0.3, 0.4) is 0 Å². The van der Waals surface area contributed by atoms with Crippen molar-refractivity contribution in [2.45, 2.75) is 69.8 Å². The fourth-order valence-corrected chi connectivity index (χ4v) is 7.32. The van der Waals surface area contributed by atoms with Gasteiger partial charge in [-0.3, -0.25) is 14.2 Å². The van der Waals surface area contributed by atoms with Crippen molar-refractivity contribution in [1.82, 2.24) is 14.5 Å². The van der Waals surface area contributed by atoms with E-state index in [9.17, 15) is 9.59 Å². The first-order valence-electron chi connectivity index (χ1n) is 11.4. The van der Waals surface area contributed by atoms with Crippen LogP contribution in [0, 0.1) is 11.8 Å². The van der Waals surface area contributed by atoms with E-state index in [1.165, 1.54) is 35.0 Å². The Balaban J connectivity index is 1.65. The molecule has 170 valence electrons. The first kappa shape index (κ1) is 22.8.